The maximum absolute atomic E-state index is 14.1. The van der Waals surface area contributed by atoms with E-state index in [1.54, 1.807) is 0 Å². The van der Waals surface area contributed by atoms with Gasteiger partial charge in [-0.2, -0.15) is 4.98 Å². The molecule has 1 fully saturated rings. The van der Waals surface area contributed by atoms with E-state index in [-0.39, 0.29) is 36.6 Å². The quantitative estimate of drug-likeness (QED) is 0.596. The van der Waals surface area contributed by atoms with E-state index >= 15 is 0 Å². The maximum Gasteiger partial charge on any atom is 0.232 e. The Morgan fingerprint density at radius 1 is 1.24 bits per heavy atom. The normalized spacial score (nSPS) is 16.7. The molecule has 1 amide bonds. The van der Waals surface area contributed by atoms with Crippen LogP contribution in [-0.2, 0) is 4.79 Å². The minimum atomic E-state index is -0.502. The van der Waals surface area contributed by atoms with Gasteiger partial charge in [-0.15, -0.1) is 0 Å². The van der Waals surface area contributed by atoms with Crippen molar-refractivity contribution in [3.63, 3.8) is 0 Å². The number of amides is 1. The molecule has 0 spiro atoms. The Bertz CT molecular complexity index is 1040. The first-order valence-electron chi connectivity index (χ1n) is 9.27. The van der Waals surface area contributed by atoms with Crippen LogP contribution in [0.15, 0.2) is 47.0 Å². The minimum Gasteiger partial charge on any atom is -0.491 e. The summed E-state index contributed by atoms with van der Waals surface area (Å²) in [6.07, 6.45) is 0.249. The zero-order valence-electron chi connectivity index (χ0n) is 15.9. The van der Waals surface area contributed by atoms with Crippen molar-refractivity contribution >= 4 is 23.2 Å². The average Bonchev–Trinajstić information content (AvgIpc) is 3.31. The van der Waals surface area contributed by atoms with Gasteiger partial charge in [0.25, 0.3) is 0 Å². The van der Waals surface area contributed by atoms with Gasteiger partial charge in [0.1, 0.15) is 11.6 Å². The van der Waals surface area contributed by atoms with Gasteiger partial charge >= 0.3 is 0 Å². The highest BCUT2D eigenvalue weighted by molar-refractivity contribution is 6.31. The summed E-state index contributed by atoms with van der Waals surface area (Å²) in [6, 6.07) is 11.5. The maximum atomic E-state index is 14.1. The second-order valence-electron chi connectivity index (χ2n) is 7.15. The molecule has 8 heteroatoms. The summed E-state index contributed by atoms with van der Waals surface area (Å²) in [5, 5.41) is 4.39. The molecule has 1 atom stereocenters. The SMILES string of the molecule is CC(C)Oc1ccc(-c2noc(C3CC(=O)N(c4cc(Cl)ccc4F)C3)n2)cc1. The second kappa shape index (κ2) is 7.83. The van der Waals surface area contributed by atoms with E-state index in [0.717, 1.165) is 11.3 Å². The molecule has 6 nitrogen and oxygen atoms in total. The number of carbonyl (C=O) groups is 1. The topological polar surface area (TPSA) is 68.5 Å². The Labute approximate surface area is 172 Å². The molecule has 1 aliphatic heterocycles. The van der Waals surface area contributed by atoms with Crippen molar-refractivity contribution in [2.45, 2.75) is 32.3 Å². The molecule has 4 rings (SSSR count). The summed E-state index contributed by atoms with van der Waals surface area (Å²) in [4.78, 5) is 18.2. The highest BCUT2D eigenvalue weighted by Crippen LogP contribution is 2.34. The standard InChI is InChI=1S/C21H19ClFN3O3/c1-12(2)28-16-6-3-13(4-7-16)20-24-21(29-25-20)14-9-19(27)26(11-14)18-10-15(22)5-8-17(18)23/h3-8,10,12,14H,9,11H2,1-2H3. The van der Waals surface area contributed by atoms with E-state index in [9.17, 15) is 9.18 Å². The summed E-state index contributed by atoms with van der Waals surface area (Å²) in [5.74, 6) is 0.500. The number of hydrogen-bond donors (Lipinski definition) is 0. The minimum absolute atomic E-state index is 0.0878. The molecule has 0 radical (unpaired) electrons. The number of hydrogen-bond acceptors (Lipinski definition) is 5. The molecular formula is C21H19ClFN3O3. The lowest BCUT2D eigenvalue weighted by molar-refractivity contribution is -0.117. The molecule has 29 heavy (non-hydrogen) atoms. The first-order chi connectivity index (χ1) is 13.9. The monoisotopic (exact) mass is 415 g/mol. The predicted octanol–water partition coefficient (Wildman–Crippen LogP) is 4.84. The zero-order valence-corrected chi connectivity index (χ0v) is 16.7. The Hall–Kier alpha value is -2.93. The van der Waals surface area contributed by atoms with Crippen LogP contribution in [-0.4, -0.2) is 28.7 Å². The summed E-state index contributed by atoms with van der Waals surface area (Å²) >= 11 is 5.95. The first-order valence-corrected chi connectivity index (χ1v) is 9.64. The fourth-order valence-corrected chi connectivity index (χ4v) is 3.44. The van der Waals surface area contributed by atoms with Crippen LogP contribution in [0.4, 0.5) is 10.1 Å². The van der Waals surface area contributed by atoms with E-state index in [1.807, 2.05) is 38.1 Å². The Balaban J connectivity index is 1.51. The van der Waals surface area contributed by atoms with Crippen molar-refractivity contribution in [3.8, 4) is 17.1 Å². The Morgan fingerprint density at radius 2 is 2.00 bits per heavy atom. The molecule has 0 aliphatic carbocycles. The van der Waals surface area contributed by atoms with Gasteiger partial charge in [0.15, 0.2) is 0 Å². The van der Waals surface area contributed by atoms with Gasteiger partial charge in [-0.3, -0.25) is 4.79 Å². The Morgan fingerprint density at radius 3 is 2.72 bits per heavy atom. The fourth-order valence-electron chi connectivity index (χ4n) is 3.27. The van der Waals surface area contributed by atoms with Crippen molar-refractivity contribution < 1.29 is 18.4 Å². The highest BCUT2D eigenvalue weighted by atomic mass is 35.5. The zero-order chi connectivity index (χ0) is 20.5. The third-order valence-electron chi connectivity index (χ3n) is 4.60. The van der Waals surface area contributed by atoms with Crippen molar-refractivity contribution in [1.82, 2.24) is 10.1 Å². The lowest BCUT2D eigenvalue weighted by atomic mass is 10.1. The molecule has 0 bridgehead atoms. The van der Waals surface area contributed by atoms with Crippen molar-refractivity contribution in [3.05, 3.63) is 59.2 Å². The van der Waals surface area contributed by atoms with E-state index in [1.165, 1.54) is 23.1 Å². The van der Waals surface area contributed by atoms with Crippen LogP contribution in [0, 0.1) is 5.82 Å². The molecule has 0 N–H and O–H groups in total. The molecule has 1 unspecified atom stereocenters. The molecular weight excluding hydrogens is 397 g/mol. The van der Waals surface area contributed by atoms with Crippen LogP contribution >= 0.6 is 11.6 Å². The van der Waals surface area contributed by atoms with Crippen LogP contribution < -0.4 is 9.64 Å². The number of ether oxygens (including phenoxy) is 1. The highest BCUT2D eigenvalue weighted by Gasteiger charge is 2.36. The molecule has 1 saturated heterocycles. The summed E-state index contributed by atoms with van der Waals surface area (Å²) in [6.45, 7) is 4.17. The number of halogens is 2. The molecule has 3 aromatic rings. The first kappa shape index (κ1) is 19.4. The number of benzene rings is 2. The van der Waals surface area contributed by atoms with Crippen molar-refractivity contribution in [1.29, 1.82) is 0 Å². The smallest absolute Gasteiger partial charge is 0.232 e. The fraction of sp³-hybridized carbons (Fsp3) is 0.286. The van der Waals surface area contributed by atoms with Gasteiger partial charge in [0.2, 0.25) is 17.6 Å². The van der Waals surface area contributed by atoms with Crippen LogP contribution in [0.5, 0.6) is 5.75 Å². The number of anilines is 1. The van der Waals surface area contributed by atoms with Gasteiger partial charge in [-0.1, -0.05) is 16.8 Å². The largest absolute Gasteiger partial charge is 0.491 e. The van der Waals surface area contributed by atoms with E-state index in [4.69, 9.17) is 20.9 Å². The number of rotatable bonds is 5. The molecule has 150 valence electrons. The van der Waals surface area contributed by atoms with Gasteiger partial charge < -0.3 is 14.2 Å². The van der Waals surface area contributed by atoms with Gasteiger partial charge in [0, 0.05) is 23.6 Å². The van der Waals surface area contributed by atoms with E-state index < -0.39 is 5.82 Å². The van der Waals surface area contributed by atoms with E-state index in [2.05, 4.69) is 10.1 Å². The predicted molar refractivity (Wildman–Crippen MR) is 107 cm³/mol. The number of nitrogens with zero attached hydrogens (tertiary/aromatic N) is 3. The van der Waals surface area contributed by atoms with E-state index in [0.29, 0.717) is 16.7 Å². The van der Waals surface area contributed by atoms with Crippen molar-refractivity contribution in [2.24, 2.45) is 0 Å². The lowest BCUT2D eigenvalue weighted by Crippen LogP contribution is -2.25. The Kier molecular flexibility index (Phi) is 5.24. The molecule has 0 saturated carbocycles. The van der Waals surface area contributed by atoms with Gasteiger partial charge in [-0.05, 0) is 56.3 Å². The second-order valence-corrected chi connectivity index (χ2v) is 7.58. The molecule has 1 aliphatic rings. The lowest BCUT2D eigenvalue weighted by Gasteiger charge is -2.17. The molecule has 2 aromatic carbocycles. The van der Waals surface area contributed by atoms with Crippen LogP contribution in [0.25, 0.3) is 11.4 Å². The van der Waals surface area contributed by atoms with Crippen LogP contribution in [0.2, 0.25) is 5.02 Å². The van der Waals surface area contributed by atoms with Gasteiger partial charge in [-0.25, -0.2) is 4.39 Å². The average molecular weight is 416 g/mol. The summed E-state index contributed by atoms with van der Waals surface area (Å²) in [7, 11) is 0. The summed E-state index contributed by atoms with van der Waals surface area (Å²) < 4.78 is 25.2. The third kappa shape index (κ3) is 4.10. The van der Waals surface area contributed by atoms with Gasteiger partial charge in [0.05, 0.1) is 17.7 Å². The van der Waals surface area contributed by atoms with Crippen LogP contribution in [0.3, 0.4) is 0 Å². The molecule has 2 heterocycles. The molecule has 1 aromatic heterocycles. The number of aromatic nitrogens is 2. The van der Waals surface area contributed by atoms with Crippen molar-refractivity contribution in [2.75, 3.05) is 11.4 Å². The third-order valence-corrected chi connectivity index (χ3v) is 4.83. The van der Waals surface area contributed by atoms with Crippen LogP contribution in [0.1, 0.15) is 32.1 Å². The summed E-state index contributed by atoms with van der Waals surface area (Å²) in [5.41, 5.74) is 0.934. The number of carbonyl (C=O) groups excluding carboxylic acids is 1.